The summed E-state index contributed by atoms with van der Waals surface area (Å²) in [5.41, 5.74) is 0. The average Bonchev–Trinajstić information content (AvgIpc) is 2.47. The van der Waals surface area contributed by atoms with Crippen LogP contribution in [0, 0.1) is 0 Å². The lowest BCUT2D eigenvalue weighted by molar-refractivity contribution is 0.242. The van der Waals surface area contributed by atoms with Gasteiger partial charge in [0.1, 0.15) is 5.75 Å². The molecule has 1 atom stereocenters. The number of rotatable bonds is 5. The number of benzene rings is 2. The minimum Gasteiger partial charge on any atom is -0.491 e. The Balaban J connectivity index is 2.44. The summed E-state index contributed by atoms with van der Waals surface area (Å²) in [6.45, 7) is 3.92. The van der Waals surface area contributed by atoms with Gasteiger partial charge in [0.05, 0.1) is 6.10 Å². The molecule has 0 amide bonds. The van der Waals surface area contributed by atoms with Gasteiger partial charge in [-0.25, -0.2) is 0 Å². The van der Waals surface area contributed by atoms with Crippen molar-refractivity contribution < 1.29 is 13.8 Å². The fourth-order valence-electron chi connectivity index (χ4n) is 2.00. The van der Waals surface area contributed by atoms with Gasteiger partial charge in [-0.1, -0.05) is 24.3 Å². The van der Waals surface area contributed by atoms with Crippen molar-refractivity contribution in [2.45, 2.75) is 20.0 Å². The van der Waals surface area contributed by atoms with E-state index in [-0.39, 0.29) is 6.10 Å². The quantitative estimate of drug-likeness (QED) is 0.792. The summed E-state index contributed by atoms with van der Waals surface area (Å²) in [6, 6.07) is 16.5. The highest BCUT2D eigenvalue weighted by Gasteiger charge is 2.27. The van der Waals surface area contributed by atoms with Gasteiger partial charge < -0.3 is 9.26 Å². The van der Waals surface area contributed by atoms with Crippen molar-refractivity contribution in [1.29, 1.82) is 0 Å². The molecule has 0 aliphatic rings. The van der Waals surface area contributed by atoms with Gasteiger partial charge in [-0.2, -0.15) is 0 Å². The van der Waals surface area contributed by atoms with Crippen LogP contribution in [-0.2, 0) is 9.09 Å². The van der Waals surface area contributed by atoms with E-state index in [1.54, 1.807) is 6.07 Å². The molecule has 106 valence electrons. The molecule has 0 aliphatic heterocycles. The lowest BCUT2D eigenvalue weighted by Crippen LogP contribution is -2.17. The third-order valence-electron chi connectivity index (χ3n) is 2.88. The highest BCUT2D eigenvalue weighted by molar-refractivity contribution is 7.74. The molecular formula is C16H19O3P. The third-order valence-corrected chi connectivity index (χ3v) is 5.33. The van der Waals surface area contributed by atoms with Gasteiger partial charge in [-0.05, 0) is 44.2 Å². The van der Waals surface area contributed by atoms with E-state index in [4.69, 9.17) is 9.26 Å². The van der Waals surface area contributed by atoms with E-state index >= 15 is 0 Å². The van der Waals surface area contributed by atoms with Crippen molar-refractivity contribution in [1.82, 2.24) is 0 Å². The molecule has 0 bridgehead atoms. The topological polar surface area (TPSA) is 35.5 Å². The van der Waals surface area contributed by atoms with Crippen LogP contribution in [0.5, 0.6) is 5.75 Å². The summed E-state index contributed by atoms with van der Waals surface area (Å²) >= 11 is 0. The van der Waals surface area contributed by atoms with Crippen LogP contribution in [0.25, 0.3) is 0 Å². The Hall–Kier alpha value is -1.57. The first-order chi connectivity index (χ1) is 9.56. The standard InChI is InChI=1S/C16H19O3P/c1-13(2)19-14-8-7-11-16(12-14)20(17,18-3)15-9-5-4-6-10-15/h4-13H,1-3H3. The van der Waals surface area contributed by atoms with Crippen molar-refractivity contribution in [3.8, 4) is 5.75 Å². The zero-order valence-electron chi connectivity index (χ0n) is 11.9. The summed E-state index contributed by atoms with van der Waals surface area (Å²) in [5.74, 6) is 0.700. The monoisotopic (exact) mass is 290 g/mol. The van der Waals surface area contributed by atoms with Crippen LogP contribution in [0.4, 0.5) is 0 Å². The highest BCUT2D eigenvalue weighted by atomic mass is 31.2. The van der Waals surface area contributed by atoms with Crippen LogP contribution >= 0.6 is 7.37 Å². The number of ether oxygens (including phenoxy) is 1. The average molecular weight is 290 g/mol. The van der Waals surface area contributed by atoms with E-state index in [2.05, 4.69) is 0 Å². The van der Waals surface area contributed by atoms with Gasteiger partial charge in [-0.3, -0.25) is 4.57 Å². The van der Waals surface area contributed by atoms with E-state index in [1.165, 1.54) is 7.11 Å². The molecule has 20 heavy (non-hydrogen) atoms. The zero-order chi connectivity index (χ0) is 14.6. The summed E-state index contributed by atoms with van der Waals surface area (Å²) in [7, 11) is -1.58. The Labute approximate surface area is 120 Å². The van der Waals surface area contributed by atoms with E-state index in [0.29, 0.717) is 16.4 Å². The maximum absolute atomic E-state index is 13.1. The van der Waals surface area contributed by atoms with Crippen molar-refractivity contribution in [2.75, 3.05) is 7.11 Å². The Kier molecular flexibility index (Phi) is 4.64. The second-order valence-corrected chi connectivity index (χ2v) is 7.23. The molecule has 0 radical (unpaired) electrons. The summed E-state index contributed by atoms with van der Waals surface area (Å²) in [4.78, 5) is 0. The van der Waals surface area contributed by atoms with Crippen LogP contribution in [-0.4, -0.2) is 13.2 Å². The molecule has 2 aromatic rings. The second-order valence-electron chi connectivity index (χ2n) is 4.73. The van der Waals surface area contributed by atoms with E-state index in [1.807, 2.05) is 62.4 Å². The normalized spacial score (nSPS) is 14.0. The molecule has 0 saturated heterocycles. The molecule has 0 aliphatic carbocycles. The molecule has 3 nitrogen and oxygen atoms in total. The van der Waals surface area contributed by atoms with Gasteiger partial charge in [0.25, 0.3) is 7.37 Å². The molecule has 0 saturated carbocycles. The van der Waals surface area contributed by atoms with Gasteiger partial charge in [0.2, 0.25) is 0 Å². The molecule has 0 fully saturated rings. The Morgan fingerprint density at radius 1 is 0.950 bits per heavy atom. The number of hydrogen-bond acceptors (Lipinski definition) is 3. The molecule has 2 rings (SSSR count). The van der Waals surface area contributed by atoms with Crippen molar-refractivity contribution >= 4 is 18.0 Å². The minimum absolute atomic E-state index is 0.0731. The predicted octanol–water partition coefficient (Wildman–Crippen LogP) is 3.35. The largest absolute Gasteiger partial charge is 0.491 e. The highest BCUT2D eigenvalue weighted by Crippen LogP contribution is 2.44. The molecule has 0 aromatic heterocycles. The summed E-state index contributed by atoms with van der Waals surface area (Å²) < 4.78 is 24.2. The summed E-state index contributed by atoms with van der Waals surface area (Å²) in [6.07, 6.45) is 0.0731. The maximum atomic E-state index is 13.1. The maximum Gasteiger partial charge on any atom is 0.261 e. The zero-order valence-corrected chi connectivity index (χ0v) is 12.8. The lowest BCUT2D eigenvalue weighted by atomic mass is 10.3. The van der Waals surface area contributed by atoms with E-state index in [9.17, 15) is 4.57 Å². The van der Waals surface area contributed by atoms with Crippen LogP contribution in [0.1, 0.15) is 13.8 Å². The van der Waals surface area contributed by atoms with Gasteiger partial charge in [-0.15, -0.1) is 0 Å². The lowest BCUT2D eigenvalue weighted by Gasteiger charge is -2.18. The molecule has 0 N–H and O–H groups in total. The SMILES string of the molecule is COP(=O)(c1ccccc1)c1cccc(OC(C)C)c1. The smallest absolute Gasteiger partial charge is 0.261 e. The van der Waals surface area contributed by atoms with E-state index in [0.717, 1.165) is 0 Å². The van der Waals surface area contributed by atoms with Crippen LogP contribution < -0.4 is 15.3 Å². The van der Waals surface area contributed by atoms with E-state index < -0.39 is 7.37 Å². The van der Waals surface area contributed by atoms with Gasteiger partial charge in [0, 0.05) is 17.7 Å². The number of hydrogen-bond donors (Lipinski definition) is 0. The fourth-order valence-corrected chi connectivity index (χ4v) is 3.86. The van der Waals surface area contributed by atoms with Crippen LogP contribution in [0.3, 0.4) is 0 Å². The molecule has 0 heterocycles. The molecule has 1 unspecified atom stereocenters. The third kappa shape index (κ3) is 3.12. The van der Waals surface area contributed by atoms with Gasteiger partial charge >= 0.3 is 0 Å². The molecule has 0 spiro atoms. The molecule has 4 heteroatoms. The predicted molar refractivity (Wildman–Crippen MR) is 82.5 cm³/mol. The van der Waals surface area contributed by atoms with Gasteiger partial charge in [0.15, 0.2) is 0 Å². The first kappa shape index (κ1) is 14.8. The fraction of sp³-hybridized carbons (Fsp3) is 0.250. The van der Waals surface area contributed by atoms with Crippen LogP contribution in [0.2, 0.25) is 0 Å². The molecular weight excluding hydrogens is 271 g/mol. The Morgan fingerprint density at radius 2 is 1.60 bits per heavy atom. The van der Waals surface area contributed by atoms with Crippen molar-refractivity contribution in [3.05, 3.63) is 54.6 Å². The van der Waals surface area contributed by atoms with Crippen LogP contribution in [0.15, 0.2) is 54.6 Å². The summed E-state index contributed by atoms with van der Waals surface area (Å²) in [5, 5.41) is 1.33. The minimum atomic E-state index is -3.06. The Morgan fingerprint density at radius 3 is 2.20 bits per heavy atom. The van der Waals surface area contributed by atoms with Crippen molar-refractivity contribution in [2.24, 2.45) is 0 Å². The Bertz CT molecular complexity index is 608. The van der Waals surface area contributed by atoms with Crippen molar-refractivity contribution in [3.63, 3.8) is 0 Å². The first-order valence-electron chi connectivity index (χ1n) is 6.55. The first-order valence-corrected chi connectivity index (χ1v) is 8.17. The molecule has 2 aromatic carbocycles. The second kappa shape index (κ2) is 6.25.